The lowest BCUT2D eigenvalue weighted by Gasteiger charge is -2.11. The molecule has 0 aliphatic heterocycles. The van der Waals surface area contributed by atoms with E-state index in [1.165, 1.54) is 32.1 Å². The maximum absolute atomic E-state index is 5.64. The van der Waals surface area contributed by atoms with Crippen molar-refractivity contribution in [2.75, 3.05) is 5.32 Å². The van der Waals surface area contributed by atoms with Gasteiger partial charge in [0.25, 0.3) is 6.01 Å². The number of rotatable bonds is 7. The van der Waals surface area contributed by atoms with E-state index in [9.17, 15) is 0 Å². The van der Waals surface area contributed by atoms with Crippen molar-refractivity contribution in [2.45, 2.75) is 52.0 Å². The Balaban J connectivity index is 1.84. The second-order valence-corrected chi connectivity index (χ2v) is 4.88. The Hall–Kier alpha value is -1.51. The van der Waals surface area contributed by atoms with Crippen molar-refractivity contribution in [2.24, 2.45) is 0 Å². The molecule has 1 aromatic heterocycles. The molecule has 0 aliphatic carbocycles. The van der Waals surface area contributed by atoms with E-state index in [1.807, 2.05) is 24.3 Å². The molecule has 0 aliphatic rings. The van der Waals surface area contributed by atoms with E-state index < -0.39 is 0 Å². The van der Waals surface area contributed by atoms with Crippen LogP contribution in [0.15, 0.2) is 28.7 Å². The Morgan fingerprint density at radius 2 is 2.06 bits per heavy atom. The average Bonchev–Trinajstić information content (AvgIpc) is 2.76. The van der Waals surface area contributed by atoms with Gasteiger partial charge in [0.1, 0.15) is 5.52 Å². The minimum atomic E-state index is 0.412. The predicted molar refractivity (Wildman–Crippen MR) is 75.9 cm³/mol. The van der Waals surface area contributed by atoms with Crippen molar-refractivity contribution < 1.29 is 4.42 Å². The van der Waals surface area contributed by atoms with Crippen molar-refractivity contribution in [1.82, 2.24) is 4.98 Å². The second-order valence-electron chi connectivity index (χ2n) is 4.88. The van der Waals surface area contributed by atoms with Crippen molar-refractivity contribution in [3.8, 4) is 0 Å². The van der Waals surface area contributed by atoms with Gasteiger partial charge in [-0.15, -0.1) is 0 Å². The first kappa shape index (κ1) is 12.9. The molecule has 3 heteroatoms. The van der Waals surface area contributed by atoms with Gasteiger partial charge in [-0.1, -0.05) is 44.7 Å². The summed E-state index contributed by atoms with van der Waals surface area (Å²) in [4.78, 5) is 4.42. The summed E-state index contributed by atoms with van der Waals surface area (Å²) < 4.78 is 5.64. The third-order valence-corrected chi connectivity index (χ3v) is 3.15. The Bertz CT molecular complexity index is 445. The van der Waals surface area contributed by atoms with Crippen LogP contribution >= 0.6 is 0 Å². The fourth-order valence-corrected chi connectivity index (χ4v) is 2.09. The summed E-state index contributed by atoms with van der Waals surface area (Å²) in [6, 6.07) is 8.90. The maximum atomic E-state index is 5.64. The van der Waals surface area contributed by atoms with Gasteiger partial charge in [0.2, 0.25) is 0 Å². The fraction of sp³-hybridized carbons (Fsp3) is 0.533. The highest BCUT2D eigenvalue weighted by atomic mass is 16.4. The molecule has 0 saturated carbocycles. The van der Waals surface area contributed by atoms with E-state index in [-0.39, 0.29) is 0 Å². The highest BCUT2D eigenvalue weighted by Gasteiger charge is 2.08. The van der Waals surface area contributed by atoms with Gasteiger partial charge in [0.05, 0.1) is 0 Å². The van der Waals surface area contributed by atoms with Crippen LogP contribution in [0.2, 0.25) is 0 Å². The summed E-state index contributed by atoms with van der Waals surface area (Å²) >= 11 is 0. The van der Waals surface area contributed by atoms with Crippen molar-refractivity contribution in [3.05, 3.63) is 24.3 Å². The van der Waals surface area contributed by atoms with E-state index in [0.29, 0.717) is 12.1 Å². The highest BCUT2D eigenvalue weighted by Crippen LogP contribution is 2.19. The summed E-state index contributed by atoms with van der Waals surface area (Å²) in [6.45, 7) is 4.42. The zero-order valence-electron chi connectivity index (χ0n) is 11.3. The predicted octanol–water partition coefficient (Wildman–Crippen LogP) is 4.60. The van der Waals surface area contributed by atoms with Crippen LogP contribution in [0.3, 0.4) is 0 Å². The molecular weight excluding hydrogens is 224 g/mol. The number of aromatic nitrogens is 1. The smallest absolute Gasteiger partial charge is 0.295 e. The minimum absolute atomic E-state index is 0.412. The molecule has 1 heterocycles. The Morgan fingerprint density at radius 1 is 1.22 bits per heavy atom. The summed E-state index contributed by atoms with van der Waals surface area (Å²) in [7, 11) is 0. The molecule has 18 heavy (non-hydrogen) atoms. The Kier molecular flexibility index (Phi) is 4.62. The Labute approximate surface area is 109 Å². The quantitative estimate of drug-likeness (QED) is 0.726. The second kappa shape index (κ2) is 6.43. The van der Waals surface area contributed by atoms with Gasteiger partial charge < -0.3 is 9.73 Å². The van der Waals surface area contributed by atoms with Crippen molar-refractivity contribution in [1.29, 1.82) is 0 Å². The van der Waals surface area contributed by atoms with Crippen LogP contribution in [-0.4, -0.2) is 11.0 Å². The first-order valence-corrected chi connectivity index (χ1v) is 6.91. The molecule has 0 amide bonds. The average molecular weight is 246 g/mol. The Morgan fingerprint density at radius 3 is 2.83 bits per heavy atom. The third-order valence-electron chi connectivity index (χ3n) is 3.15. The molecule has 0 saturated heterocycles. The fourth-order valence-electron chi connectivity index (χ4n) is 2.09. The van der Waals surface area contributed by atoms with Gasteiger partial charge in [-0.2, -0.15) is 4.98 Å². The molecule has 0 bridgehead atoms. The number of hydrogen-bond donors (Lipinski definition) is 1. The van der Waals surface area contributed by atoms with E-state index in [2.05, 4.69) is 24.1 Å². The number of unbranched alkanes of at least 4 members (excludes halogenated alkanes) is 3. The molecule has 0 radical (unpaired) electrons. The van der Waals surface area contributed by atoms with Crippen LogP contribution in [0.4, 0.5) is 6.01 Å². The van der Waals surface area contributed by atoms with Crippen molar-refractivity contribution >= 4 is 17.1 Å². The highest BCUT2D eigenvalue weighted by molar-refractivity contribution is 5.74. The molecule has 0 spiro atoms. The number of nitrogens with zero attached hydrogens (tertiary/aromatic N) is 1. The largest absolute Gasteiger partial charge is 0.424 e. The topological polar surface area (TPSA) is 38.1 Å². The number of anilines is 1. The number of para-hydroxylation sites is 2. The van der Waals surface area contributed by atoms with E-state index >= 15 is 0 Å². The van der Waals surface area contributed by atoms with Crippen molar-refractivity contribution in [3.63, 3.8) is 0 Å². The standard InChI is InChI=1S/C15H22N2O/c1-3-4-5-6-9-12(2)16-15-17-13-10-7-8-11-14(13)18-15/h7-8,10-12H,3-6,9H2,1-2H3,(H,16,17). The van der Waals surface area contributed by atoms with Crippen LogP contribution in [0.25, 0.3) is 11.1 Å². The SMILES string of the molecule is CCCCCCC(C)Nc1nc2ccccc2o1. The number of fused-ring (bicyclic) bond motifs is 1. The molecule has 2 aromatic rings. The summed E-state index contributed by atoms with van der Waals surface area (Å²) in [6.07, 6.45) is 6.36. The maximum Gasteiger partial charge on any atom is 0.295 e. The van der Waals surface area contributed by atoms with E-state index in [4.69, 9.17) is 4.42 Å². The zero-order chi connectivity index (χ0) is 12.8. The third kappa shape index (κ3) is 3.49. The van der Waals surface area contributed by atoms with Gasteiger partial charge in [-0.05, 0) is 25.5 Å². The number of benzene rings is 1. The molecule has 1 N–H and O–H groups in total. The van der Waals surface area contributed by atoms with Crippen LogP contribution in [0.5, 0.6) is 0 Å². The first-order chi connectivity index (χ1) is 8.79. The van der Waals surface area contributed by atoms with Gasteiger partial charge in [0, 0.05) is 6.04 Å². The lowest BCUT2D eigenvalue weighted by molar-refractivity contribution is 0.561. The summed E-state index contributed by atoms with van der Waals surface area (Å²) in [5.41, 5.74) is 1.76. The van der Waals surface area contributed by atoms with Crippen LogP contribution < -0.4 is 5.32 Å². The molecule has 3 nitrogen and oxygen atoms in total. The van der Waals surface area contributed by atoms with E-state index in [0.717, 1.165) is 11.1 Å². The number of oxazole rings is 1. The van der Waals surface area contributed by atoms with Crippen LogP contribution in [0, 0.1) is 0 Å². The van der Waals surface area contributed by atoms with Gasteiger partial charge in [0.15, 0.2) is 5.58 Å². The molecule has 98 valence electrons. The summed E-state index contributed by atoms with van der Waals surface area (Å²) in [5.74, 6) is 0. The van der Waals surface area contributed by atoms with Crippen LogP contribution in [-0.2, 0) is 0 Å². The lowest BCUT2D eigenvalue weighted by atomic mass is 10.1. The normalized spacial score (nSPS) is 12.8. The monoisotopic (exact) mass is 246 g/mol. The molecular formula is C15H22N2O. The number of nitrogens with one attached hydrogen (secondary N) is 1. The summed E-state index contributed by atoms with van der Waals surface area (Å²) in [5, 5.41) is 3.33. The van der Waals surface area contributed by atoms with Crippen LogP contribution in [0.1, 0.15) is 46.0 Å². The first-order valence-electron chi connectivity index (χ1n) is 6.91. The van der Waals surface area contributed by atoms with Gasteiger partial charge >= 0.3 is 0 Å². The molecule has 1 unspecified atom stereocenters. The zero-order valence-corrected chi connectivity index (χ0v) is 11.3. The van der Waals surface area contributed by atoms with Gasteiger partial charge in [-0.25, -0.2) is 0 Å². The molecule has 1 atom stereocenters. The molecule has 1 aromatic carbocycles. The lowest BCUT2D eigenvalue weighted by Crippen LogP contribution is -2.14. The van der Waals surface area contributed by atoms with Gasteiger partial charge in [-0.3, -0.25) is 0 Å². The molecule has 0 fully saturated rings. The van der Waals surface area contributed by atoms with E-state index in [1.54, 1.807) is 0 Å². The number of hydrogen-bond acceptors (Lipinski definition) is 3. The molecule has 2 rings (SSSR count). The minimum Gasteiger partial charge on any atom is -0.424 e.